The predicted octanol–water partition coefficient (Wildman–Crippen LogP) is 4.55. The maximum atomic E-state index is 12.2. The van der Waals surface area contributed by atoms with Gasteiger partial charge in [-0.2, -0.15) is 0 Å². The Morgan fingerprint density at radius 3 is 2.50 bits per heavy atom. The summed E-state index contributed by atoms with van der Waals surface area (Å²) >= 11 is 0. The van der Waals surface area contributed by atoms with E-state index in [4.69, 9.17) is 4.74 Å². The largest absolute Gasteiger partial charge is 0.449 e. The third kappa shape index (κ3) is 5.23. The van der Waals surface area contributed by atoms with E-state index in [9.17, 15) is 4.79 Å². The van der Waals surface area contributed by atoms with Gasteiger partial charge in [0.2, 0.25) is 0 Å². The van der Waals surface area contributed by atoms with E-state index in [-0.39, 0.29) is 6.09 Å². The van der Waals surface area contributed by atoms with Crippen molar-refractivity contribution in [3.63, 3.8) is 0 Å². The Labute approximate surface area is 158 Å². The molecule has 0 bridgehead atoms. The van der Waals surface area contributed by atoms with Crippen LogP contribution >= 0.6 is 0 Å². The molecule has 1 aromatic rings. The maximum Gasteiger partial charge on any atom is 0.409 e. The molecule has 0 aliphatic carbocycles. The smallest absolute Gasteiger partial charge is 0.409 e. The SMILES string of the molecule is CC(C)COC(=O)N1CCC(C2CCCCN2Cc2ccccc2)CC1. The maximum absolute atomic E-state index is 12.2. The fourth-order valence-corrected chi connectivity index (χ4v) is 4.36. The van der Waals surface area contributed by atoms with Crippen molar-refractivity contribution in [2.75, 3.05) is 26.2 Å². The van der Waals surface area contributed by atoms with Crippen molar-refractivity contribution in [3.05, 3.63) is 35.9 Å². The average molecular weight is 359 g/mol. The number of likely N-dealkylation sites (tertiary alicyclic amines) is 2. The molecule has 3 rings (SSSR count). The first-order chi connectivity index (χ1) is 12.6. The van der Waals surface area contributed by atoms with Gasteiger partial charge < -0.3 is 9.64 Å². The van der Waals surface area contributed by atoms with E-state index < -0.39 is 0 Å². The number of rotatable bonds is 5. The first-order valence-electron chi connectivity index (χ1n) is 10.3. The van der Waals surface area contributed by atoms with Crippen LogP contribution in [0.5, 0.6) is 0 Å². The van der Waals surface area contributed by atoms with E-state index in [2.05, 4.69) is 49.1 Å². The molecule has 2 aliphatic rings. The van der Waals surface area contributed by atoms with Crippen molar-refractivity contribution in [2.45, 2.75) is 58.5 Å². The number of benzene rings is 1. The van der Waals surface area contributed by atoms with Crippen LogP contribution in [0.3, 0.4) is 0 Å². The van der Waals surface area contributed by atoms with E-state index >= 15 is 0 Å². The summed E-state index contributed by atoms with van der Waals surface area (Å²) in [5.74, 6) is 1.10. The van der Waals surface area contributed by atoms with Crippen LogP contribution in [-0.4, -0.2) is 48.2 Å². The molecule has 1 aromatic carbocycles. The number of piperidine rings is 2. The second-order valence-electron chi connectivity index (χ2n) is 8.31. The van der Waals surface area contributed by atoms with E-state index in [0.29, 0.717) is 24.5 Å². The minimum absolute atomic E-state index is 0.123. The van der Waals surface area contributed by atoms with Crippen LogP contribution in [0.25, 0.3) is 0 Å². The third-order valence-electron chi connectivity index (χ3n) is 5.77. The van der Waals surface area contributed by atoms with Crippen molar-refractivity contribution >= 4 is 6.09 Å². The molecule has 4 heteroatoms. The highest BCUT2D eigenvalue weighted by molar-refractivity contribution is 5.67. The molecule has 4 nitrogen and oxygen atoms in total. The Bertz CT molecular complexity index is 553. The summed E-state index contributed by atoms with van der Waals surface area (Å²) in [6, 6.07) is 11.5. The highest BCUT2D eigenvalue weighted by atomic mass is 16.6. The summed E-state index contributed by atoms with van der Waals surface area (Å²) in [7, 11) is 0. The fourth-order valence-electron chi connectivity index (χ4n) is 4.36. The third-order valence-corrected chi connectivity index (χ3v) is 5.77. The van der Waals surface area contributed by atoms with Gasteiger partial charge in [-0.3, -0.25) is 4.90 Å². The molecule has 0 saturated carbocycles. The van der Waals surface area contributed by atoms with E-state index in [1.54, 1.807) is 0 Å². The molecule has 0 aromatic heterocycles. The lowest BCUT2D eigenvalue weighted by Gasteiger charge is -2.43. The molecule has 0 N–H and O–H groups in total. The highest BCUT2D eigenvalue weighted by Crippen LogP contribution is 2.31. The lowest BCUT2D eigenvalue weighted by molar-refractivity contribution is 0.0435. The first kappa shape index (κ1) is 19.2. The zero-order valence-corrected chi connectivity index (χ0v) is 16.4. The number of hydrogen-bond acceptors (Lipinski definition) is 3. The number of nitrogens with zero attached hydrogens (tertiary/aromatic N) is 2. The monoisotopic (exact) mass is 358 g/mol. The van der Waals surface area contributed by atoms with Gasteiger partial charge in [0.05, 0.1) is 6.61 Å². The average Bonchev–Trinajstić information content (AvgIpc) is 2.67. The van der Waals surface area contributed by atoms with Crippen molar-refractivity contribution in [2.24, 2.45) is 11.8 Å². The molecular formula is C22H34N2O2. The van der Waals surface area contributed by atoms with Gasteiger partial charge >= 0.3 is 6.09 Å². The molecule has 2 aliphatic heterocycles. The zero-order chi connectivity index (χ0) is 18.4. The van der Waals surface area contributed by atoms with Gasteiger partial charge in [0.1, 0.15) is 0 Å². The molecular weight excluding hydrogens is 324 g/mol. The number of carbonyl (C=O) groups excluding carboxylic acids is 1. The van der Waals surface area contributed by atoms with Crippen molar-refractivity contribution in [1.29, 1.82) is 0 Å². The standard InChI is InChI=1S/C22H34N2O2/c1-18(2)17-26-22(25)23-14-11-20(12-15-23)21-10-6-7-13-24(21)16-19-8-4-3-5-9-19/h3-5,8-9,18,20-21H,6-7,10-17H2,1-2H3. The molecule has 0 spiro atoms. The van der Waals surface area contributed by atoms with Crippen LogP contribution in [0.15, 0.2) is 30.3 Å². The molecule has 144 valence electrons. The Hall–Kier alpha value is -1.55. The predicted molar refractivity (Wildman–Crippen MR) is 105 cm³/mol. The summed E-state index contributed by atoms with van der Waals surface area (Å²) in [5.41, 5.74) is 1.41. The zero-order valence-electron chi connectivity index (χ0n) is 16.4. The minimum atomic E-state index is -0.123. The molecule has 1 atom stereocenters. The summed E-state index contributed by atoms with van der Waals surface area (Å²) in [5, 5.41) is 0. The molecule has 26 heavy (non-hydrogen) atoms. The van der Waals surface area contributed by atoms with Gasteiger partial charge in [0.15, 0.2) is 0 Å². The van der Waals surface area contributed by atoms with Crippen LogP contribution < -0.4 is 0 Å². The van der Waals surface area contributed by atoms with Gasteiger partial charge in [-0.05, 0) is 49.6 Å². The Morgan fingerprint density at radius 1 is 1.08 bits per heavy atom. The summed E-state index contributed by atoms with van der Waals surface area (Å²) < 4.78 is 5.40. The summed E-state index contributed by atoms with van der Waals surface area (Å²) in [6.45, 7) is 8.62. The van der Waals surface area contributed by atoms with E-state index in [0.717, 1.165) is 32.5 Å². The molecule has 1 unspecified atom stereocenters. The van der Waals surface area contributed by atoms with E-state index in [1.165, 1.54) is 31.4 Å². The highest BCUT2D eigenvalue weighted by Gasteiger charge is 2.33. The van der Waals surface area contributed by atoms with Crippen LogP contribution in [0.1, 0.15) is 51.5 Å². The lowest BCUT2D eigenvalue weighted by atomic mass is 9.83. The Kier molecular flexibility index (Phi) is 6.95. The second-order valence-corrected chi connectivity index (χ2v) is 8.31. The molecule has 0 radical (unpaired) electrons. The summed E-state index contributed by atoms with van der Waals surface area (Å²) in [4.78, 5) is 16.8. The molecule has 2 saturated heterocycles. The molecule has 2 fully saturated rings. The van der Waals surface area contributed by atoms with Gasteiger partial charge in [0.25, 0.3) is 0 Å². The normalized spacial score (nSPS) is 22.6. The van der Waals surface area contributed by atoms with Gasteiger partial charge in [0, 0.05) is 25.7 Å². The molecule has 1 amide bonds. The topological polar surface area (TPSA) is 32.8 Å². The molecule has 2 heterocycles. The lowest BCUT2D eigenvalue weighted by Crippen LogP contribution is -2.48. The number of hydrogen-bond donors (Lipinski definition) is 0. The second kappa shape index (κ2) is 9.40. The Balaban J connectivity index is 1.52. The Morgan fingerprint density at radius 2 is 1.81 bits per heavy atom. The fraction of sp³-hybridized carbons (Fsp3) is 0.682. The van der Waals surface area contributed by atoms with Crippen LogP contribution in [0.2, 0.25) is 0 Å². The van der Waals surface area contributed by atoms with Gasteiger partial charge in [-0.15, -0.1) is 0 Å². The van der Waals surface area contributed by atoms with Crippen molar-refractivity contribution in [3.8, 4) is 0 Å². The van der Waals surface area contributed by atoms with Crippen molar-refractivity contribution < 1.29 is 9.53 Å². The number of amides is 1. The quantitative estimate of drug-likeness (QED) is 0.774. The number of carbonyl (C=O) groups is 1. The first-order valence-corrected chi connectivity index (χ1v) is 10.3. The minimum Gasteiger partial charge on any atom is -0.449 e. The van der Waals surface area contributed by atoms with Crippen molar-refractivity contribution in [1.82, 2.24) is 9.80 Å². The van der Waals surface area contributed by atoms with Crippen LogP contribution in [-0.2, 0) is 11.3 Å². The van der Waals surface area contributed by atoms with Crippen LogP contribution in [0.4, 0.5) is 4.79 Å². The number of ether oxygens (including phenoxy) is 1. The summed E-state index contributed by atoms with van der Waals surface area (Å²) in [6.07, 6.45) is 6.03. The van der Waals surface area contributed by atoms with Crippen LogP contribution in [0, 0.1) is 11.8 Å². The van der Waals surface area contributed by atoms with E-state index in [1.807, 2.05) is 4.90 Å². The van der Waals surface area contributed by atoms with Gasteiger partial charge in [-0.25, -0.2) is 4.79 Å². The van der Waals surface area contributed by atoms with Gasteiger partial charge in [-0.1, -0.05) is 50.6 Å².